The Kier molecular flexibility index (Phi) is 1.61. The van der Waals surface area contributed by atoms with E-state index in [4.69, 9.17) is 10.5 Å². The van der Waals surface area contributed by atoms with Crippen molar-refractivity contribution >= 4 is 16.9 Å². The maximum absolute atomic E-state index is 5.63. The van der Waals surface area contributed by atoms with E-state index >= 15 is 0 Å². The summed E-state index contributed by atoms with van der Waals surface area (Å²) >= 11 is 1.64. The fraction of sp³-hybridized carbons (Fsp3) is 0.857. The van der Waals surface area contributed by atoms with Crippen molar-refractivity contribution in [3.05, 3.63) is 0 Å². The average Bonchev–Trinajstić information content (AvgIpc) is 2.28. The fourth-order valence-electron chi connectivity index (χ4n) is 1.53. The van der Waals surface area contributed by atoms with Gasteiger partial charge < -0.3 is 10.5 Å². The molecule has 0 bridgehead atoms. The van der Waals surface area contributed by atoms with Crippen LogP contribution in [-0.4, -0.2) is 29.7 Å². The lowest BCUT2D eigenvalue weighted by molar-refractivity contribution is 0.179. The molecular weight excluding hydrogens is 160 g/mol. The van der Waals surface area contributed by atoms with E-state index < -0.39 is 0 Å². The maximum Gasteiger partial charge on any atom is 0.154 e. The molecule has 62 valence electrons. The highest BCUT2D eigenvalue weighted by Crippen LogP contribution is 2.35. The molecule has 2 atom stereocenters. The highest BCUT2D eigenvalue weighted by atomic mass is 32.2. The molecule has 0 radical (unpaired) electrons. The van der Waals surface area contributed by atoms with Gasteiger partial charge in [-0.1, -0.05) is 11.8 Å². The molecule has 1 fully saturated rings. The Morgan fingerprint density at radius 1 is 1.82 bits per heavy atom. The number of aliphatic imine (C=N–C) groups is 1. The first-order valence-corrected chi connectivity index (χ1v) is 4.75. The molecule has 2 N–H and O–H groups in total. The van der Waals surface area contributed by atoms with Crippen LogP contribution in [0, 0.1) is 5.92 Å². The molecule has 0 saturated carbocycles. The molecule has 2 rings (SSSR count). The summed E-state index contributed by atoms with van der Waals surface area (Å²) in [6, 6.07) is 0. The minimum absolute atomic E-state index is 0.0185. The number of fused-ring (bicyclic) bond motifs is 1. The quantitative estimate of drug-likeness (QED) is 0.577. The highest BCUT2D eigenvalue weighted by Gasteiger charge is 2.42. The molecule has 2 aliphatic heterocycles. The van der Waals surface area contributed by atoms with E-state index in [1.54, 1.807) is 11.8 Å². The molecule has 4 heteroatoms. The lowest BCUT2D eigenvalue weighted by Gasteiger charge is -2.29. The SMILES string of the molecule is CC12COCC1CSC(N)=N2. The Balaban J connectivity index is 2.27. The lowest BCUT2D eigenvalue weighted by Crippen LogP contribution is -2.38. The normalized spacial score (nSPS) is 43.4. The third kappa shape index (κ3) is 1.14. The third-order valence-corrected chi connectivity index (χ3v) is 3.35. The second-order valence-corrected chi connectivity index (χ2v) is 4.37. The van der Waals surface area contributed by atoms with Crippen molar-refractivity contribution in [3.8, 4) is 0 Å². The summed E-state index contributed by atoms with van der Waals surface area (Å²) in [4.78, 5) is 4.41. The number of nitrogens with two attached hydrogens (primary N) is 1. The maximum atomic E-state index is 5.63. The second kappa shape index (κ2) is 2.38. The summed E-state index contributed by atoms with van der Waals surface area (Å²) in [6.45, 7) is 3.70. The summed E-state index contributed by atoms with van der Waals surface area (Å²) in [7, 11) is 0. The first-order chi connectivity index (χ1) is 5.21. The van der Waals surface area contributed by atoms with E-state index in [0.717, 1.165) is 19.0 Å². The first-order valence-electron chi connectivity index (χ1n) is 3.76. The van der Waals surface area contributed by atoms with Gasteiger partial charge in [-0.25, -0.2) is 0 Å². The van der Waals surface area contributed by atoms with Crippen LogP contribution in [-0.2, 0) is 4.74 Å². The van der Waals surface area contributed by atoms with Gasteiger partial charge in [-0.2, -0.15) is 0 Å². The van der Waals surface area contributed by atoms with Gasteiger partial charge in [0.25, 0.3) is 0 Å². The predicted octanol–water partition coefficient (Wildman–Crippen LogP) is 0.453. The van der Waals surface area contributed by atoms with E-state index in [1.165, 1.54) is 0 Å². The van der Waals surface area contributed by atoms with Gasteiger partial charge in [0.05, 0.1) is 18.8 Å². The summed E-state index contributed by atoms with van der Waals surface area (Å²) in [5.74, 6) is 1.63. The van der Waals surface area contributed by atoms with Gasteiger partial charge in [-0.05, 0) is 6.92 Å². The first kappa shape index (κ1) is 7.43. The Morgan fingerprint density at radius 2 is 2.64 bits per heavy atom. The van der Waals surface area contributed by atoms with Gasteiger partial charge in [-0.15, -0.1) is 0 Å². The molecule has 3 nitrogen and oxygen atoms in total. The molecule has 11 heavy (non-hydrogen) atoms. The third-order valence-electron chi connectivity index (χ3n) is 2.39. The Bertz CT molecular complexity index is 207. The molecule has 0 spiro atoms. The van der Waals surface area contributed by atoms with Gasteiger partial charge in [0.2, 0.25) is 0 Å². The van der Waals surface area contributed by atoms with Crippen LogP contribution in [0.4, 0.5) is 0 Å². The van der Waals surface area contributed by atoms with Crippen LogP contribution in [0.15, 0.2) is 4.99 Å². The zero-order chi connectivity index (χ0) is 7.90. The molecule has 0 aromatic rings. The Hall–Kier alpha value is -0.220. The summed E-state index contributed by atoms with van der Waals surface area (Å²) in [5, 5.41) is 0.717. The zero-order valence-electron chi connectivity index (χ0n) is 6.54. The Morgan fingerprint density at radius 3 is 3.45 bits per heavy atom. The molecule has 0 aromatic heterocycles. The Labute approximate surface area is 70.4 Å². The smallest absolute Gasteiger partial charge is 0.154 e. The number of amidine groups is 1. The largest absolute Gasteiger partial charge is 0.379 e. The van der Waals surface area contributed by atoms with E-state index in [0.29, 0.717) is 11.1 Å². The summed E-state index contributed by atoms with van der Waals surface area (Å²) in [6.07, 6.45) is 0. The van der Waals surface area contributed by atoms with Crippen LogP contribution < -0.4 is 5.73 Å². The number of thioether (sulfide) groups is 1. The van der Waals surface area contributed by atoms with Crippen molar-refractivity contribution in [1.29, 1.82) is 0 Å². The van der Waals surface area contributed by atoms with Gasteiger partial charge in [0.15, 0.2) is 5.17 Å². The van der Waals surface area contributed by atoms with Crippen LogP contribution in [0.1, 0.15) is 6.92 Å². The molecule has 2 heterocycles. The van der Waals surface area contributed by atoms with Crippen molar-refractivity contribution in [2.45, 2.75) is 12.5 Å². The van der Waals surface area contributed by atoms with Crippen molar-refractivity contribution in [1.82, 2.24) is 0 Å². The number of hydrogen-bond acceptors (Lipinski definition) is 4. The second-order valence-electron chi connectivity index (χ2n) is 3.33. The van der Waals surface area contributed by atoms with Crippen LogP contribution in [0.5, 0.6) is 0 Å². The topological polar surface area (TPSA) is 47.6 Å². The number of nitrogens with zero attached hydrogens (tertiary/aromatic N) is 1. The molecule has 2 aliphatic rings. The van der Waals surface area contributed by atoms with E-state index in [9.17, 15) is 0 Å². The summed E-state index contributed by atoms with van der Waals surface area (Å²) in [5.41, 5.74) is 5.61. The van der Waals surface area contributed by atoms with Crippen LogP contribution in [0.2, 0.25) is 0 Å². The zero-order valence-corrected chi connectivity index (χ0v) is 7.36. The monoisotopic (exact) mass is 172 g/mol. The van der Waals surface area contributed by atoms with Crippen molar-refractivity contribution < 1.29 is 4.74 Å². The van der Waals surface area contributed by atoms with E-state index in [1.807, 2.05) is 0 Å². The number of rotatable bonds is 0. The van der Waals surface area contributed by atoms with Gasteiger partial charge in [0, 0.05) is 11.7 Å². The fourth-order valence-corrected chi connectivity index (χ4v) is 2.63. The molecule has 0 amide bonds. The van der Waals surface area contributed by atoms with Gasteiger partial charge in [-0.3, -0.25) is 4.99 Å². The van der Waals surface area contributed by atoms with Crippen LogP contribution >= 0.6 is 11.8 Å². The summed E-state index contributed by atoms with van der Waals surface area (Å²) < 4.78 is 5.37. The lowest BCUT2D eigenvalue weighted by atomic mass is 9.91. The van der Waals surface area contributed by atoms with E-state index in [2.05, 4.69) is 11.9 Å². The minimum Gasteiger partial charge on any atom is -0.379 e. The van der Waals surface area contributed by atoms with Crippen molar-refractivity contribution in [2.75, 3.05) is 19.0 Å². The standard InChI is InChI=1S/C7H12N2OS/c1-7-4-10-2-5(7)3-11-6(8)9-7/h5H,2-4H2,1H3,(H2,8,9). The van der Waals surface area contributed by atoms with Gasteiger partial charge in [0.1, 0.15) is 0 Å². The molecule has 2 unspecified atom stereocenters. The van der Waals surface area contributed by atoms with Crippen LogP contribution in [0.25, 0.3) is 0 Å². The highest BCUT2D eigenvalue weighted by molar-refractivity contribution is 8.13. The average molecular weight is 172 g/mol. The number of hydrogen-bond donors (Lipinski definition) is 1. The van der Waals surface area contributed by atoms with Crippen molar-refractivity contribution in [2.24, 2.45) is 16.6 Å². The molecule has 1 saturated heterocycles. The number of ether oxygens (including phenoxy) is 1. The van der Waals surface area contributed by atoms with Crippen molar-refractivity contribution in [3.63, 3.8) is 0 Å². The molecule has 0 aliphatic carbocycles. The van der Waals surface area contributed by atoms with E-state index in [-0.39, 0.29) is 5.54 Å². The van der Waals surface area contributed by atoms with Crippen LogP contribution in [0.3, 0.4) is 0 Å². The minimum atomic E-state index is -0.0185. The predicted molar refractivity (Wildman–Crippen MR) is 46.8 cm³/mol. The molecular formula is C7H12N2OS. The molecule has 0 aromatic carbocycles. The van der Waals surface area contributed by atoms with Gasteiger partial charge >= 0.3 is 0 Å².